The van der Waals surface area contributed by atoms with Gasteiger partial charge in [-0.2, -0.15) is 4.98 Å². The molecule has 0 atom stereocenters. The van der Waals surface area contributed by atoms with Crippen molar-refractivity contribution < 1.29 is 13.7 Å². The molecule has 0 bridgehead atoms. The monoisotopic (exact) mass is 337 g/mol. The lowest BCUT2D eigenvalue weighted by Gasteiger charge is -2.06. The first-order valence-corrected chi connectivity index (χ1v) is 7.45. The molecular formula is C14H9ClFN3O2S. The molecule has 22 heavy (non-hydrogen) atoms. The number of halogens is 2. The van der Waals surface area contributed by atoms with Crippen LogP contribution >= 0.6 is 22.9 Å². The lowest BCUT2D eigenvalue weighted by Crippen LogP contribution is -2.12. The number of nitrogens with one attached hydrogen (secondary N) is 1. The van der Waals surface area contributed by atoms with Crippen molar-refractivity contribution in [2.75, 3.05) is 5.32 Å². The molecule has 2 aromatic heterocycles. The first-order valence-electron chi connectivity index (χ1n) is 6.19. The van der Waals surface area contributed by atoms with E-state index in [-0.39, 0.29) is 10.6 Å². The summed E-state index contributed by atoms with van der Waals surface area (Å²) >= 11 is 7.24. The van der Waals surface area contributed by atoms with Crippen molar-refractivity contribution in [1.29, 1.82) is 0 Å². The quantitative estimate of drug-likeness (QED) is 0.779. The molecule has 8 heteroatoms. The molecule has 0 unspecified atom stereocenters. The zero-order valence-corrected chi connectivity index (χ0v) is 12.8. The summed E-state index contributed by atoms with van der Waals surface area (Å²) in [4.78, 5) is 17.0. The van der Waals surface area contributed by atoms with E-state index < -0.39 is 11.7 Å². The van der Waals surface area contributed by atoms with Gasteiger partial charge < -0.3 is 9.84 Å². The fourth-order valence-electron chi connectivity index (χ4n) is 1.83. The number of aromatic nitrogens is 2. The van der Waals surface area contributed by atoms with Crippen LogP contribution in [0.3, 0.4) is 0 Å². The van der Waals surface area contributed by atoms with Gasteiger partial charge >= 0.3 is 0 Å². The highest BCUT2D eigenvalue weighted by Crippen LogP contribution is 2.33. The fourth-order valence-corrected chi connectivity index (χ4v) is 2.85. The SMILES string of the molecule is Cc1noc(-c2sccc2NC(=O)c2ccc(F)cc2Cl)n1. The third kappa shape index (κ3) is 2.86. The van der Waals surface area contributed by atoms with Gasteiger partial charge in [-0.3, -0.25) is 4.79 Å². The average molecular weight is 338 g/mol. The maximum absolute atomic E-state index is 13.0. The summed E-state index contributed by atoms with van der Waals surface area (Å²) in [5.41, 5.74) is 0.709. The number of anilines is 1. The van der Waals surface area contributed by atoms with Crippen LogP contribution in [0, 0.1) is 12.7 Å². The van der Waals surface area contributed by atoms with E-state index in [9.17, 15) is 9.18 Å². The molecule has 0 spiro atoms. The maximum Gasteiger partial charge on any atom is 0.270 e. The van der Waals surface area contributed by atoms with Crippen LogP contribution in [-0.4, -0.2) is 16.0 Å². The molecule has 112 valence electrons. The van der Waals surface area contributed by atoms with Crippen molar-refractivity contribution in [2.24, 2.45) is 0 Å². The van der Waals surface area contributed by atoms with Crippen molar-refractivity contribution in [3.05, 3.63) is 51.9 Å². The minimum Gasteiger partial charge on any atom is -0.333 e. The Balaban J connectivity index is 1.88. The Morgan fingerprint density at radius 3 is 2.91 bits per heavy atom. The molecule has 0 fully saturated rings. The molecule has 3 rings (SSSR count). The predicted octanol–water partition coefficient (Wildman–Crippen LogP) is 4.15. The average Bonchev–Trinajstić information content (AvgIpc) is 3.07. The Morgan fingerprint density at radius 2 is 2.23 bits per heavy atom. The van der Waals surface area contributed by atoms with E-state index >= 15 is 0 Å². The Bertz CT molecular complexity index is 846. The molecule has 1 amide bonds. The summed E-state index contributed by atoms with van der Waals surface area (Å²) in [6.45, 7) is 1.71. The number of aryl methyl sites for hydroxylation is 1. The second-order valence-corrected chi connectivity index (χ2v) is 5.71. The highest BCUT2D eigenvalue weighted by Gasteiger charge is 2.17. The lowest BCUT2D eigenvalue weighted by atomic mass is 10.2. The van der Waals surface area contributed by atoms with E-state index in [0.29, 0.717) is 22.3 Å². The largest absolute Gasteiger partial charge is 0.333 e. The summed E-state index contributed by atoms with van der Waals surface area (Å²) in [7, 11) is 0. The van der Waals surface area contributed by atoms with Gasteiger partial charge in [-0.05, 0) is 36.6 Å². The molecule has 3 aromatic rings. The number of amides is 1. The normalized spacial score (nSPS) is 10.7. The summed E-state index contributed by atoms with van der Waals surface area (Å²) in [6.07, 6.45) is 0. The van der Waals surface area contributed by atoms with Crippen LogP contribution in [0.5, 0.6) is 0 Å². The predicted molar refractivity (Wildman–Crippen MR) is 81.7 cm³/mol. The zero-order valence-electron chi connectivity index (χ0n) is 11.3. The van der Waals surface area contributed by atoms with E-state index in [2.05, 4.69) is 15.5 Å². The summed E-state index contributed by atoms with van der Waals surface area (Å²) in [5, 5.41) is 8.26. The minimum atomic E-state index is -0.501. The number of rotatable bonds is 3. The molecule has 0 radical (unpaired) electrons. The molecule has 0 saturated heterocycles. The van der Waals surface area contributed by atoms with Crippen LogP contribution in [0.4, 0.5) is 10.1 Å². The third-order valence-electron chi connectivity index (χ3n) is 2.81. The first-order chi connectivity index (χ1) is 10.5. The second kappa shape index (κ2) is 5.86. The first kappa shape index (κ1) is 14.7. The number of carbonyl (C=O) groups is 1. The van der Waals surface area contributed by atoms with Gasteiger partial charge in [0, 0.05) is 0 Å². The van der Waals surface area contributed by atoms with Crippen molar-refractivity contribution >= 4 is 34.5 Å². The van der Waals surface area contributed by atoms with E-state index in [1.807, 2.05) is 0 Å². The lowest BCUT2D eigenvalue weighted by molar-refractivity contribution is 0.102. The maximum atomic E-state index is 13.0. The fraction of sp³-hybridized carbons (Fsp3) is 0.0714. The standard InChI is InChI=1S/C14H9ClFN3O2S/c1-7-17-14(21-19-7)12-11(4-5-22-12)18-13(20)9-3-2-8(16)6-10(9)15/h2-6H,1H3,(H,18,20). The van der Waals surface area contributed by atoms with Gasteiger partial charge in [0.25, 0.3) is 11.8 Å². The van der Waals surface area contributed by atoms with Crippen LogP contribution in [0.2, 0.25) is 5.02 Å². The van der Waals surface area contributed by atoms with Crippen LogP contribution < -0.4 is 5.32 Å². The molecule has 0 aliphatic rings. The van der Waals surface area contributed by atoms with E-state index in [4.69, 9.17) is 16.1 Å². The number of benzene rings is 1. The molecule has 5 nitrogen and oxygen atoms in total. The van der Waals surface area contributed by atoms with Gasteiger partial charge in [-0.15, -0.1) is 11.3 Å². The molecule has 1 N–H and O–H groups in total. The molecule has 1 aromatic carbocycles. The number of hydrogen-bond donors (Lipinski definition) is 1. The van der Waals surface area contributed by atoms with Crippen molar-refractivity contribution in [3.8, 4) is 10.8 Å². The van der Waals surface area contributed by atoms with E-state index in [0.717, 1.165) is 6.07 Å². The summed E-state index contributed by atoms with van der Waals surface area (Å²) in [6, 6.07) is 5.31. The van der Waals surface area contributed by atoms with E-state index in [1.165, 1.54) is 23.5 Å². The van der Waals surface area contributed by atoms with Crippen LogP contribution in [0.25, 0.3) is 10.8 Å². The van der Waals surface area contributed by atoms with Crippen LogP contribution in [0.15, 0.2) is 34.2 Å². The second-order valence-electron chi connectivity index (χ2n) is 4.39. The smallest absolute Gasteiger partial charge is 0.270 e. The Labute approximate surface area is 133 Å². The highest BCUT2D eigenvalue weighted by molar-refractivity contribution is 7.14. The summed E-state index contributed by atoms with van der Waals surface area (Å²) < 4.78 is 18.1. The number of carbonyl (C=O) groups excluding carboxylic acids is 1. The molecule has 0 aliphatic carbocycles. The molecule has 0 aliphatic heterocycles. The third-order valence-corrected chi connectivity index (χ3v) is 4.03. The Hall–Kier alpha value is -2.25. The van der Waals surface area contributed by atoms with Crippen LogP contribution in [0.1, 0.15) is 16.2 Å². The van der Waals surface area contributed by atoms with Crippen molar-refractivity contribution in [3.63, 3.8) is 0 Å². The van der Waals surface area contributed by atoms with Crippen LogP contribution in [-0.2, 0) is 0 Å². The number of thiophene rings is 1. The van der Waals surface area contributed by atoms with Crippen molar-refractivity contribution in [2.45, 2.75) is 6.92 Å². The van der Waals surface area contributed by atoms with Gasteiger partial charge in [-0.25, -0.2) is 4.39 Å². The van der Waals surface area contributed by atoms with Crippen molar-refractivity contribution in [1.82, 2.24) is 10.1 Å². The summed E-state index contributed by atoms with van der Waals surface area (Å²) in [5.74, 6) is -0.116. The van der Waals surface area contributed by atoms with Gasteiger partial charge in [0.05, 0.1) is 16.3 Å². The molecular weight excluding hydrogens is 329 g/mol. The van der Waals surface area contributed by atoms with E-state index in [1.54, 1.807) is 18.4 Å². The molecule has 2 heterocycles. The Kier molecular flexibility index (Phi) is 3.91. The van der Waals surface area contributed by atoms with Gasteiger partial charge in [0.15, 0.2) is 5.82 Å². The van der Waals surface area contributed by atoms with Gasteiger partial charge in [0.1, 0.15) is 10.7 Å². The van der Waals surface area contributed by atoms with Gasteiger partial charge in [-0.1, -0.05) is 16.8 Å². The zero-order chi connectivity index (χ0) is 15.7. The highest BCUT2D eigenvalue weighted by atomic mass is 35.5. The number of nitrogens with zero attached hydrogens (tertiary/aromatic N) is 2. The Morgan fingerprint density at radius 1 is 1.41 bits per heavy atom. The minimum absolute atomic E-state index is 0.0444. The number of hydrogen-bond acceptors (Lipinski definition) is 5. The topological polar surface area (TPSA) is 68.0 Å². The molecule has 0 saturated carbocycles. The van der Waals surface area contributed by atoms with Gasteiger partial charge in [0.2, 0.25) is 0 Å².